The summed E-state index contributed by atoms with van der Waals surface area (Å²) < 4.78 is 1.61. The van der Waals surface area contributed by atoms with Crippen LogP contribution in [0.1, 0.15) is 21.5 Å². The Morgan fingerprint density at radius 3 is 2.43 bits per heavy atom. The van der Waals surface area contributed by atoms with Gasteiger partial charge in [0.25, 0.3) is 5.91 Å². The molecule has 2 aromatic rings. The van der Waals surface area contributed by atoms with Gasteiger partial charge in [-0.15, -0.1) is 0 Å². The van der Waals surface area contributed by atoms with Gasteiger partial charge in [0.15, 0.2) is 0 Å². The van der Waals surface area contributed by atoms with E-state index in [4.69, 9.17) is 18.0 Å². The molecule has 0 spiro atoms. The molecule has 108 valence electrons. The molecule has 21 heavy (non-hydrogen) atoms. The van der Waals surface area contributed by atoms with Crippen LogP contribution in [0.25, 0.3) is 0 Å². The molecule has 0 aromatic heterocycles. The molecule has 0 radical (unpaired) electrons. The lowest BCUT2D eigenvalue weighted by atomic mass is 10.1. The molecule has 6 heteroatoms. The van der Waals surface area contributed by atoms with Crippen LogP contribution in [0.3, 0.4) is 0 Å². The molecule has 2 rings (SSSR count). The minimum absolute atomic E-state index is 0.137. The zero-order chi connectivity index (χ0) is 15.4. The Balaban J connectivity index is 2.04. The van der Waals surface area contributed by atoms with E-state index in [1.807, 2.05) is 36.4 Å². The second-order valence-corrected chi connectivity index (χ2v) is 6.58. The van der Waals surface area contributed by atoms with Crippen LogP contribution in [-0.2, 0) is 6.54 Å². The molecule has 3 nitrogen and oxygen atoms in total. The maximum Gasteiger partial charge on any atom is 0.252 e. The molecule has 0 unspecified atom stereocenters. The van der Waals surface area contributed by atoms with Crippen LogP contribution in [0.15, 0.2) is 51.4 Å². The average Bonchev–Trinajstić information content (AvgIpc) is 2.47. The van der Waals surface area contributed by atoms with E-state index < -0.39 is 0 Å². The summed E-state index contributed by atoms with van der Waals surface area (Å²) in [4.78, 5) is 12.5. The fraction of sp³-hybridized carbons (Fsp3) is 0.0667. The monoisotopic (exact) mass is 426 g/mol. The van der Waals surface area contributed by atoms with Crippen LogP contribution in [-0.4, -0.2) is 10.9 Å². The molecule has 0 saturated carbocycles. The number of thiocarbonyl (C=S) groups is 1. The first-order valence-corrected chi connectivity index (χ1v) is 8.09. The van der Waals surface area contributed by atoms with Crippen molar-refractivity contribution in [1.29, 1.82) is 0 Å². The van der Waals surface area contributed by atoms with E-state index >= 15 is 0 Å². The minimum atomic E-state index is -0.137. The lowest BCUT2D eigenvalue weighted by molar-refractivity contribution is 0.0950. The van der Waals surface area contributed by atoms with Crippen molar-refractivity contribution in [3.8, 4) is 0 Å². The van der Waals surface area contributed by atoms with Crippen molar-refractivity contribution in [3.63, 3.8) is 0 Å². The van der Waals surface area contributed by atoms with Gasteiger partial charge in [-0.05, 0) is 39.7 Å². The predicted octanol–water partition coefficient (Wildman–Crippen LogP) is 3.78. The molecular formula is C15H12Br2N2OS. The third-order valence-electron chi connectivity index (χ3n) is 2.86. The Kier molecular flexibility index (Phi) is 5.50. The van der Waals surface area contributed by atoms with E-state index in [0.29, 0.717) is 17.1 Å². The van der Waals surface area contributed by atoms with Crippen molar-refractivity contribution in [3.05, 3.63) is 68.1 Å². The molecule has 0 aliphatic heterocycles. The van der Waals surface area contributed by atoms with Gasteiger partial charge in [0.2, 0.25) is 0 Å². The molecule has 0 aliphatic rings. The fourth-order valence-corrected chi connectivity index (χ4v) is 2.66. The summed E-state index contributed by atoms with van der Waals surface area (Å²) in [5, 5.41) is 2.88. The normalized spacial score (nSPS) is 10.2. The summed E-state index contributed by atoms with van der Waals surface area (Å²) in [6, 6.07) is 13.0. The first-order valence-electron chi connectivity index (χ1n) is 6.09. The van der Waals surface area contributed by atoms with E-state index in [9.17, 15) is 4.79 Å². The Morgan fingerprint density at radius 1 is 1.14 bits per heavy atom. The lowest BCUT2D eigenvalue weighted by Crippen LogP contribution is -2.23. The van der Waals surface area contributed by atoms with Crippen molar-refractivity contribution in [2.75, 3.05) is 0 Å². The standard InChI is InChI=1S/C15H12Br2N2OS/c16-11-5-6-13(17)12(7-11)15(20)19-8-9-1-3-10(4-2-9)14(18)21/h1-7H,8H2,(H2,18,21)(H,19,20). The average molecular weight is 428 g/mol. The van der Waals surface area contributed by atoms with Crippen LogP contribution in [0.2, 0.25) is 0 Å². The van der Waals surface area contributed by atoms with E-state index in [1.165, 1.54) is 0 Å². The Labute approximate surface area is 145 Å². The zero-order valence-electron chi connectivity index (χ0n) is 10.9. The summed E-state index contributed by atoms with van der Waals surface area (Å²) in [6.07, 6.45) is 0. The summed E-state index contributed by atoms with van der Waals surface area (Å²) in [6.45, 7) is 0.440. The van der Waals surface area contributed by atoms with Gasteiger partial charge < -0.3 is 11.1 Å². The molecule has 3 N–H and O–H groups in total. The van der Waals surface area contributed by atoms with Gasteiger partial charge in [-0.25, -0.2) is 0 Å². The largest absolute Gasteiger partial charge is 0.389 e. The molecule has 0 fully saturated rings. The Bertz CT molecular complexity index is 687. The Morgan fingerprint density at radius 2 is 1.81 bits per heavy atom. The molecular weight excluding hydrogens is 416 g/mol. The second-order valence-electron chi connectivity index (χ2n) is 4.37. The van der Waals surface area contributed by atoms with Gasteiger partial charge >= 0.3 is 0 Å². The van der Waals surface area contributed by atoms with Crippen molar-refractivity contribution < 1.29 is 4.79 Å². The first kappa shape index (κ1) is 16.1. The van der Waals surface area contributed by atoms with Crippen molar-refractivity contribution >= 4 is 55.0 Å². The third kappa shape index (κ3) is 4.36. The number of amides is 1. The fourth-order valence-electron chi connectivity index (χ4n) is 1.74. The van der Waals surface area contributed by atoms with E-state index in [0.717, 1.165) is 20.1 Å². The highest BCUT2D eigenvalue weighted by Gasteiger charge is 2.10. The van der Waals surface area contributed by atoms with Crippen molar-refractivity contribution in [1.82, 2.24) is 5.32 Å². The molecule has 0 saturated heterocycles. The van der Waals surface area contributed by atoms with Crippen LogP contribution in [0, 0.1) is 0 Å². The van der Waals surface area contributed by atoms with Crippen LogP contribution in [0.4, 0.5) is 0 Å². The molecule has 0 heterocycles. The molecule has 2 aromatic carbocycles. The summed E-state index contributed by atoms with van der Waals surface area (Å²) in [5.41, 5.74) is 7.93. The number of halogens is 2. The molecule has 0 bridgehead atoms. The number of carbonyl (C=O) groups is 1. The van der Waals surface area contributed by atoms with Gasteiger partial charge in [0.1, 0.15) is 4.99 Å². The highest BCUT2D eigenvalue weighted by molar-refractivity contribution is 9.11. The second kappa shape index (κ2) is 7.15. The van der Waals surface area contributed by atoms with Gasteiger partial charge in [0.05, 0.1) is 5.56 Å². The van der Waals surface area contributed by atoms with Gasteiger partial charge in [-0.2, -0.15) is 0 Å². The van der Waals surface area contributed by atoms with Crippen molar-refractivity contribution in [2.24, 2.45) is 5.73 Å². The maximum absolute atomic E-state index is 12.2. The van der Waals surface area contributed by atoms with Crippen molar-refractivity contribution in [2.45, 2.75) is 6.54 Å². The summed E-state index contributed by atoms with van der Waals surface area (Å²) >= 11 is 11.6. The minimum Gasteiger partial charge on any atom is -0.389 e. The van der Waals surface area contributed by atoms with Crippen LogP contribution < -0.4 is 11.1 Å². The smallest absolute Gasteiger partial charge is 0.252 e. The number of hydrogen-bond acceptors (Lipinski definition) is 2. The topological polar surface area (TPSA) is 55.1 Å². The number of hydrogen-bond donors (Lipinski definition) is 2. The van der Waals surface area contributed by atoms with E-state index in [2.05, 4.69) is 37.2 Å². The third-order valence-corrected chi connectivity index (χ3v) is 4.29. The SMILES string of the molecule is NC(=S)c1ccc(CNC(=O)c2cc(Br)ccc2Br)cc1. The number of nitrogens with two attached hydrogens (primary N) is 1. The Hall–Kier alpha value is -1.24. The predicted molar refractivity (Wildman–Crippen MR) is 95.3 cm³/mol. The highest BCUT2D eigenvalue weighted by atomic mass is 79.9. The van der Waals surface area contributed by atoms with Gasteiger partial charge in [-0.3, -0.25) is 4.79 Å². The quantitative estimate of drug-likeness (QED) is 0.730. The maximum atomic E-state index is 12.2. The number of nitrogens with one attached hydrogen (secondary N) is 1. The lowest BCUT2D eigenvalue weighted by Gasteiger charge is -2.08. The number of benzene rings is 2. The molecule has 0 atom stereocenters. The van der Waals surface area contributed by atoms with Crippen LogP contribution in [0.5, 0.6) is 0 Å². The molecule has 1 amide bonds. The first-order chi connectivity index (χ1) is 9.97. The zero-order valence-corrected chi connectivity index (χ0v) is 14.9. The van der Waals surface area contributed by atoms with Crippen LogP contribution >= 0.6 is 44.1 Å². The van der Waals surface area contributed by atoms with E-state index in [1.54, 1.807) is 6.07 Å². The highest BCUT2D eigenvalue weighted by Crippen LogP contribution is 2.21. The summed E-state index contributed by atoms with van der Waals surface area (Å²) in [5.74, 6) is -0.137. The van der Waals surface area contributed by atoms with Gasteiger partial charge in [0, 0.05) is 21.1 Å². The molecule has 0 aliphatic carbocycles. The van der Waals surface area contributed by atoms with E-state index in [-0.39, 0.29) is 5.91 Å². The number of carbonyl (C=O) groups excluding carboxylic acids is 1. The number of rotatable bonds is 4. The summed E-state index contributed by atoms with van der Waals surface area (Å²) in [7, 11) is 0. The van der Waals surface area contributed by atoms with Gasteiger partial charge in [-0.1, -0.05) is 52.4 Å².